The summed E-state index contributed by atoms with van der Waals surface area (Å²) < 4.78 is 19.7. The summed E-state index contributed by atoms with van der Waals surface area (Å²) in [5.74, 6) is 0.394. The maximum absolute atomic E-state index is 13.4. The van der Waals surface area contributed by atoms with E-state index in [1.54, 1.807) is 4.98 Å². The Balaban J connectivity index is 2.12. The summed E-state index contributed by atoms with van der Waals surface area (Å²) in [6, 6.07) is 0. The second kappa shape index (κ2) is 4.04. The maximum Gasteiger partial charge on any atom is 0.330 e. The van der Waals surface area contributed by atoms with Crippen molar-refractivity contribution in [2.75, 3.05) is 0 Å². The second-order valence-corrected chi connectivity index (χ2v) is 5.47. The molecule has 0 aromatic carbocycles. The first-order valence-electron chi connectivity index (χ1n) is 6.33. The Morgan fingerprint density at radius 3 is 2.90 bits per heavy atom. The Morgan fingerprint density at radius 1 is 1.67 bits per heavy atom. The lowest BCUT2D eigenvalue weighted by molar-refractivity contribution is -0.129. The van der Waals surface area contributed by atoms with Gasteiger partial charge in [-0.1, -0.05) is 5.92 Å². The molecule has 2 fully saturated rings. The highest BCUT2D eigenvalue weighted by Gasteiger charge is 2.76. The Labute approximate surface area is 118 Å². The zero-order valence-corrected chi connectivity index (χ0v) is 11.0. The molecule has 112 valence electrons. The van der Waals surface area contributed by atoms with E-state index in [0.29, 0.717) is 17.2 Å². The van der Waals surface area contributed by atoms with E-state index in [9.17, 15) is 24.2 Å². The predicted octanol–water partition coefficient (Wildman–Crippen LogP) is -1.29. The summed E-state index contributed by atoms with van der Waals surface area (Å²) in [5.41, 5.74) is -5.06. The van der Waals surface area contributed by atoms with E-state index in [4.69, 9.17) is 11.2 Å². The zero-order valence-electron chi connectivity index (χ0n) is 11.0. The van der Waals surface area contributed by atoms with Gasteiger partial charge in [-0.05, 0) is 13.3 Å². The van der Waals surface area contributed by atoms with Gasteiger partial charge in [0.15, 0.2) is 11.8 Å². The van der Waals surface area contributed by atoms with Gasteiger partial charge in [0, 0.05) is 5.92 Å². The van der Waals surface area contributed by atoms with E-state index in [2.05, 4.69) is 5.92 Å². The van der Waals surface area contributed by atoms with Crippen LogP contribution >= 0.6 is 0 Å². The van der Waals surface area contributed by atoms with Crippen molar-refractivity contribution in [2.24, 2.45) is 5.92 Å². The van der Waals surface area contributed by atoms with Crippen LogP contribution in [-0.2, 0) is 4.74 Å². The van der Waals surface area contributed by atoms with Crippen LogP contribution in [-0.4, -0.2) is 37.1 Å². The van der Waals surface area contributed by atoms with Crippen molar-refractivity contribution in [3.8, 4) is 12.3 Å². The third-order valence-electron chi connectivity index (χ3n) is 4.31. The number of hydrogen-bond acceptors (Lipinski definition) is 5. The molecule has 8 heteroatoms. The molecule has 7 nitrogen and oxygen atoms in total. The standard InChI is InChI=1S/C13H13FN2O5/c1-3-12(20)8-4-13(8,6(2)17)21-10(12)16-5-7(14)9(18)15-11(16)19/h1,5-6,8,10,17,20H,4H2,2H3,(H,15,18,19)/t6-,8?,10+,12?,13?/m0/s1. The first-order valence-corrected chi connectivity index (χ1v) is 6.33. The van der Waals surface area contributed by atoms with E-state index in [1.807, 2.05) is 0 Å². The lowest BCUT2D eigenvalue weighted by Gasteiger charge is -2.28. The molecular weight excluding hydrogens is 283 g/mol. The van der Waals surface area contributed by atoms with Crippen LogP contribution in [0.15, 0.2) is 15.8 Å². The van der Waals surface area contributed by atoms with Crippen molar-refractivity contribution in [2.45, 2.75) is 36.9 Å². The summed E-state index contributed by atoms with van der Waals surface area (Å²) >= 11 is 0. The quantitative estimate of drug-likeness (QED) is 0.589. The van der Waals surface area contributed by atoms with Crippen LogP contribution in [0.3, 0.4) is 0 Å². The Morgan fingerprint density at radius 2 is 2.33 bits per heavy atom. The van der Waals surface area contributed by atoms with Crippen LogP contribution in [0.5, 0.6) is 0 Å². The van der Waals surface area contributed by atoms with Gasteiger partial charge in [-0.15, -0.1) is 6.42 Å². The number of fused-ring (bicyclic) bond motifs is 1. The van der Waals surface area contributed by atoms with E-state index in [1.165, 1.54) is 6.92 Å². The van der Waals surface area contributed by atoms with Crippen molar-refractivity contribution < 1.29 is 19.3 Å². The van der Waals surface area contributed by atoms with Crippen LogP contribution in [0.4, 0.5) is 4.39 Å². The Bertz CT molecular complexity index is 763. The van der Waals surface area contributed by atoms with Gasteiger partial charge in [0.25, 0.3) is 5.56 Å². The molecule has 1 saturated carbocycles. The van der Waals surface area contributed by atoms with Crippen molar-refractivity contribution in [3.05, 3.63) is 32.9 Å². The van der Waals surface area contributed by atoms with Gasteiger partial charge in [0.2, 0.25) is 5.82 Å². The summed E-state index contributed by atoms with van der Waals surface area (Å²) in [4.78, 5) is 24.6. The molecule has 3 unspecified atom stereocenters. The average molecular weight is 296 g/mol. The second-order valence-electron chi connectivity index (χ2n) is 5.47. The van der Waals surface area contributed by atoms with Crippen LogP contribution in [0.25, 0.3) is 0 Å². The minimum atomic E-state index is -1.87. The lowest BCUT2D eigenvalue weighted by Crippen LogP contribution is -2.44. The fourth-order valence-corrected chi connectivity index (χ4v) is 3.02. The number of terminal acetylenes is 1. The third kappa shape index (κ3) is 1.65. The molecule has 5 atom stereocenters. The van der Waals surface area contributed by atoms with E-state index >= 15 is 0 Å². The van der Waals surface area contributed by atoms with Crippen LogP contribution in [0.2, 0.25) is 0 Å². The molecule has 2 heterocycles. The van der Waals surface area contributed by atoms with Crippen molar-refractivity contribution in [3.63, 3.8) is 0 Å². The van der Waals surface area contributed by atoms with E-state index in [-0.39, 0.29) is 0 Å². The largest absolute Gasteiger partial charge is 0.390 e. The van der Waals surface area contributed by atoms with Gasteiger partial charge in [0.05, 0.1) is 12.3 Å². The zero-order chi connectivity index (χ0) is 15.6. The fourth-order valence-electron chi connectivity index (χ4n) is 3.02. The normalized spacial score (nSPS) is 38.6. The molecule has 3 N–H and O–H groups in total. The number of aliphatic hydroxyl groups excluding tert-OH is 1. The highest BCUT2D eigenvalue weighted by molar-refractivity contribution is 5.31. The number of aromatic nitrogens is 2. The molecule has 1 aromatic heterocycles. The number of nitrogens with zero attached hydrogens (tertiary/aromatic N) is 1. The topological polar surface area (TPSA) is 105 Å². The van der Waals surface area contributed by atoms with Gasteiger partial charge in [-0.25, -0.2) is 4.79 Å². The van der Waals surface area contributed by atoms with Crippen molar-refractivity contribution in [1.29, 1.82) is 0 Å². The number of nitrogens with one attached hydrogen (secondary N) is 1. The first-order chi connectivity index (χ1) is 9.76. The molecule has 1 aliphatic carbocycles. The van der Waals surface area contributed by atoms with Crippen molar-refractivity contribution in [1.82, 2.24) is 9.55 Å². The average Bonchev–Trinajstić information content (AvgIpc) is 3.11. The van der Waals surface area contributed by atoms with E-state index in [0.717, 1.165) is 0 Å². The summed E-state index contributed by atoms with van der Waals surface area (Å²) in [7, 11) is 0. The van der Waals surface area contributed by atoms with Crippen molar-refractivity contribution >= 4 is 0 Å². The van der Waals surface area contributed by atoms with Crippen LogP contribution in [0, 0.1) is 24.1 Å². The van der Waals surface area contributed by atoms with Gasteiger partial charge in [-0.2, -0.15) is 4.39 Å². The van der Waals surface area contributed by atoms with E-state index < -0.39 is 46.5 Å². The molecule has 2 aliphatic rings. The molecule has 1 saturated heterocycles. The maximum atomic E-state index is 13.4. The summed E-state index contributed by atoms with van der Waals surface area (Å²) in [6.07, 6.45) is 4.02. The Kier molecular flexibility index (Phi) is 2.69. The number of rotatable bonds is 2. The summed E-state index contributed by atoms with van der Waals surface area (Å²) in [5, 5.41) is 20.4. The number of hydrogen-bond donors (Lipinski definition) is 3. The summed E-state index contributed by atoms with van der Waals surface area (Å²) in [6.45, 7) is 1.48. The monoisotopic (exact) mass is 296 g/mol. The molecular formula is C13H13FN2O5. The van der Waals surface area contributed by atoms with Gasteiger partial charge < -0.3 is 14.9 Å². The number of aliphatic hydroxyl groups is 2. The van der Waals surface area contributed by atoms with Crippen LogP contribution in [0.1, 0.15) is 19.6 Å². The fraction of sp³-hybridized carbons (Fsp3) is 0.538. The SMILES string of the molecule is C#CC1(O)C2CC2([C@H](C)O)O[C@H]1n1cc(F)c(=O)[nH]c1=O. The number of aromatic amines is 1. The molecule has 1 aliphatic heterocycles. The molecule has 0 spiro atoms. The molecule has 0 bridgehead atoms. The van der Waals surface area contributed by atoms with Gasteiger partial charge >= 0.3 is 5.69 Å². The lowest BCUT2D eigenvalue weighted by atomic mass is 9.95. The number of halogens is 1. The smallest absolute Gasteiger partial charge is 0.330 e. The number of ether oxygens (including phenoxy) is 1. The minimum Gasteiger partial charge on any atom is -0.390 e. The highest BCUT2D eigenvalue weighted by Crippen LogP contribution is 2.65. The number of H-pyrrole nitrogens is 1. The predicted molar refractivity (Wildman–Crippen MR) is 67.7 cm³/mol. The Hall–Kier alpha value is -1.95. The molecule has 1 aromatic rings. The molecule has 0 amide bonds. The molecule has 21 heavy (non-hydrogen) atoms. The minimum absolute atomic E-state index is 0.336. The third-order valence-corrected chi connectivity index (χ3v) is 4.31. The van der Waals surface area contributed by atoms with Gasteiger partial charge in [-0.3, -0.25) is 14.3 Å². The van der Waals surface area contributed by atoms with Crippen LogP contribution < -0.4 is 11.2 Å². The molecule has 0 radical (unpaired) electrons. The highest BCUT2D eigenvalue weighted by atomic mass is 19.1. The van der Waals surface area contributed by atoms with Gasteiger partial charge in [0.1, 0.15) is 5.60 Å². The first kappa shape index (κ1) is 14.0. The molecule has 3 rings (SSSR count).